The Kier molecular flexibility index (Phi) is 9.21. The van der Waals surface area contributed by atoms with Gasteiger partial charge in [0.15, 0.2) is 0 Å². The molecule has 168 valence electrons. The van der Waals surface area contributed by atoms with Gasteiger partial charge in [-0.3, -0.25) is 0 Å². The van der Waals surface area contributed by atoms with Crippen molar-refractivity contribution in [3.63, 3.8) is 0 Å². The van der Waals surface area contributed by atoms with Gasteiger partial charge in [-0.25, -0.2) is 0 Å². The summed E-state index contributed by atoms with van der Waals surface area (Å²) in [5.74, 6) is 0.364. The minimum atomic E-state index is -0.254. The van der Waals surface area contributed by atoms with Gasteiger partial charge in [-0.2, -0.15) is 0 Å². The topological polar surface area (TPSA) is 49.8 Å². The predicted octanol–water partition coefficient (Wildman–Crippen LogP) is 5.03. The Morgan fingerprint density at radius 1 is 0.906 bits per heavy atom. The second kappa shape index (κ2) is 12.3. The van der Waals surface area contributed by atoms with Crippen molar-refractivity contribution in [1.29, 1.82) is 0 Å². The summed E-state index contributed by atoms with van der Waals surface area (Å²) in [4.78, 5) is 14.7. The van der Waals surface area contributed by atoms with Crippen molar-refractivity contribution in [3.05, 3.63) is 95.1 Å². The maximum atomic E-state index is 12.8. The average Bonchev–Trinajstić information content (AvgIpc) is 2.81. The molecule has 1 amide bonds. The van der Waals surface area contributed by atoms with Gasteiger partial charge in [-0.1, -0.05) is 0 Å². The van der Waals surface area contributed by atoms with Gasteiger partial charge in [0.05, 0.1) is 0 Å². The Morgan fingerprint density at radius 2 is 1.53 bits per heavy atom. The van der Waals surface area contributed by atoms with Crippen LogP contribution in [0.5, 0.6) is 5.75 Å². The number of amides is 1. The van der Waals surface area contributed by atoms with E-state index in [4.69, 9.17) is 4.74 Å². The van der Waals surface area contributed by atoms with Gasteiger partial charge in [0, 0.05) is 0 Å². The van der Waals surface area contributed by atoms with E-state index in [0.717, 1.165) is 34.9 Å². The van der Waals surface area contributed by atoms with Gasteiger partial charge in [0.2, 0.25) is 0 Å². The van der Waals surface area contributed by atoms with Crippen LogP contribution in [0.2, 0.25) is 5.32 Å². The Labute approximate surface area is 197 Å². The number of phenols is 1. The third-order valence-corrected chi connectivity index (χ3v) is 7.36. The van der Waals surface area contributed by atoms with Crippen molar-refractivity contribution in [1.82, 2.24) is 4.90 Å². The fourth-order valence-corrected chi connectivity index (χ4v) is 5.44. The van der Waals surface area contributed by atoms with Crippen molar-refractivity contribution in [2.24, 2.45) is 0 Å². The van der Waals surface area contributed by atoms with E-state index in [2.05, 4.69) is 24.3 Å². The van der Waals surface area contributed by atoms with Gasteiger partial charge in [0.1, 0.15) is 0 Å². The standard InChI is InChI=1S/C27H31NO3Se/c1-21-18-24(19-22(2)26(21)29)12-9-15-28(16-17-32-25-13-7-4-8-14-25)27(30)31-20-23-10-5-3-6-11-23/h3-8,10-11,13-14,18-19,29H,9,12,15-17,20H2,1-2H3. The van der Waals surface area contributed by atoms with E-state index in [1.54, 1.807) is 0 Å². The first-order chi connectivity index (χ1) is 15.5. The molecule has 0 aliphatic rings. The number of phenolic OH excluding ortho intramolecular Hbond substituents is 1. The molecule has 3 rings (SSSR count). The van der Waals surface area contributed by atoms with E-state index in [-0.39, 0.29) is 12.7 Å². The molecule has 0 heterocycles. The van der Waals surface area contributed by atoms with Crippen LogP contribution in [0.4, 0.5) is 4.79 Å². The molecule has 0 aliphatic carbocycles. The molecule has 0 saturated carbocycles. The fraction of sp³-hybridized carbons (Fsp3) is 0.296. The maximum absolute atomic E-state index is 12.8. The van der Waals surface area contributed by atoms with Gasteiger partial charge < -0.3 is 0 Å². The van der Waals surface area contributed by atoms with E-state index >= 15 is 0 Å². The number of aromatic hydroxyl groups is 1. The average molecular weight is 497 g/mol. The number of benzene rings is 3. The molecule has 0 radical (unpaired) electrons. The van der Waals surface area contributed by atoms with E-state index < -0.39 is 0 Å². The molecule has 0 saturated heterocycles. The van der Waals surface area contributed by atoms with Crippen LogP contribution in [-0.4, -0.2) is 44.1 Å². The summed E-state index contributed by atoms with van der Waals surface area (Å²) in [7, 11) is 0. The molecule has 1 N–H and O–H groups in total. The van der Waals surface area contributed by atoms with E-state index in [1.165, 1.54) is 10.0 Å². The number of hydrogen-bond donors (Lipinski definition) is 1. The summed E-state index contributed by atoms with van der Waals surface area (Å²) < 4.78 is 6.95. The summed E-state index contributed by atoms with van der Waals surface area (Å²) in [5, 5.41) is 10.9. The van der Waals surface area contributed by atoms with E-state index in [0.29, 0.717) is 33.8 Å². The number of carbonyl (C=O) groups excluding carboxylic acids is 1. The van der Waals surface area contributed by atoms with Crippen LogP contribution in [0.15, 0.2) is 72.8 Å². The molecular formula is C27H31NO3Se. The summed E-state index contributed by atoms with van der Waals surface area (Å²) in [6.45, 7) is 5.47. The molecule has 0 unspecified atom stereocenters. The second-order valence-corrected chi connectivity index (χ2v) is 10.3. The molecule has 4 nitrogen and oxygen atoms in total. The van der Waals surface area contributed by atoms with Crippen LogP contribution >= 0.6 is 0 Å². The molecular weight excluding hydrogens is 465 g/mol. The number of aryl methyl sites for hydroxylation is 3. The Morgan fingerprint density at radius 3 is 2.19 bits per heavy atom. The number of hydrogen-bond acceptors (Lipinski definition) is 3. The molecule has 0 bridgehead atoms. The third-order valence-electron chi connectivity index (χ3n) is 5.28. The van der Waals surface area contributed by atoms with Gasteiger partial charge >= 0.3 is 198 Å². The number of rotatable bonds is 10. The van der Waals surface area contributed by atoms with Crippen LogP contribution in [0, 0.1) is 13.8 Å². The summed E-state index contributed by atoms with van der Waals surface area (Å²) >= 11 is 0.324. The van der Waals surface area contributed by atoms with Crippen LogP contribution in [0.1, 0.15) is 28.7 Å². The molecule has 0 atom stereocenters. The molecule has 32 heavy (non-hydrogen) atoms. The Bertz CT molecular complexity index is 969. The SMILES string of the molecule is Cc1cc(CCCN(CC[Se]c2ccccc2)C(=O)OCc2ccccc2)cc(C)c1O. The normalized spacial score (nSPS) is 10.7. The van der Waals surface area contributed by atoms with E-state index in [1.807, 2.05) is 67.3 Å². The van der Waals surface area contributed by atoms with E-state index in [9.17, 15) is 9.90 Å². The second-order valence-electron chi connectivity index (χ2n) is 7.87. The molecule has 0 aliphatic heterocycles. The first-order valence-corrected chi connectivity index (χ1v) is 13.0. The molecule has 0 fully saturated rings. The Balaban J connectivity index is 1.56. The van der Waals surface area contributed by atoms with Crippen LogP contribution in [-0.2, 0) is 17.8 Å². The first-order valence-electron chi connectivity index (χ1n) is 11.0. The molecule has 3 aromatic carbocycles. The summed E-state index contributed by atoms with van der Waals surface area (Å²) in [5.41, 5.74) is 3.96. The summed E-state index contributed by atoms with van der Waals surface area (Å²) in [6.07, 6.45) is 1.45. The van der Waals surface area contributed by atoms with Crippen molar-refractivity contribution < 1.29 is 14.6 Å². The zero-order chi connectivity index (χ0) is 22.8. The van der Waals surface area contributed by atoms with Crippen molar-refractivity contribution in [2.75, 3.05) is 13.1 Å². The van der Waals surface area contributed by atoms with Crippen LogP contribution in [0.25, 0.3) is 0 Å². The van der Waals surface area contributed by atoms with Crippen LogP contribution < -0.4 is 4.46 Å². The Hall–Kier alpha value is -2.75. The monoisotopic (exact) mass is 497 g/mol. The first kappa shape index (κ1) is 23.9. The molecule has 0 aromatic heterocycles. The van der Waals surface area contributed by atoms with Crippen molar-refractivity contribution in [2.45, 2.75) is 38.6 Å². The van der Waals surface area contributed by atoms with Gasteiger partial charge in [0.25, 0.3) is 0 Å². The van der Waals surface area contributed by atoms with Gasteiger partial charge in [-0.15, -0.1) is 0 Å². The number of ether oxygens (including phenoxy) is 1. The number of carbonyl (C=O) groups is 1. The molecule has 3 aromatic rings. The molecule has 5 heteroatoms. The number of nitrogens with zero attached hydrogens (tertiary/aromatic N) is 1. The minimum absolute atomic E-state index is 0.254. The quantitative estimate of drug-likeness (QED) is 0.401. The van der Waals surface area contributed by atoms with Crippen molar-refractivity contribution in [3.8, 4) is 5.75 Å². The van der Waals surface area contributed by atoms with Crippen molar-refractivity contribution >= 4 is 25.5 Å². The molecule has 0 spiro atoms. The predicted molar refractivity (Wildman–Crippen MR) is 131 cm³/mol. The van der Waals surface area contributed by atoms with Crippen LogP contribution in [0.3, 0.4) is 0 Å². The zero-order valence-electron chi connectivity index (χ0n) is 18.8. The zero-order valence-corrected chi connectivity index (χ0v) is 20.5. The van der Waals surface area contributed by atoms with Gasteiger partial charge in [-0.05, 0) is 0 Å². The third kappa shape index (κ3) is 7.44. The fourth-order valence-electron chi connectivity index (χ4n) is 3.56. The summed E-state index contributed by atoms with van der Waals surface area (Å²) in [6, 6.07) is 24.3.